The lowest BCUT2D eigenvalue weighted by Gasteiger charge is -2.26. The first-order valence-corrected chi connectivity index (χ1v) is 16.6. The molecule has 1 saturated heterocycles. The number of aromatic hydroxyl groups is 1. The predicted molar refractivity (Wildman–Crippen MR) is 187 cm³/mol. The first kappa shape index (κ1) is 32.7. The van der Waals surface area contributed by atoms with E-state index in [1.165, 1.54) is 0 Å². The number of hydrogen-bond acceptors (Lipinski definition) is 7. The molecular formula is C38H42N6O4. The van der Waals surface area contributed by atoms with E-state index in [-0.39, 0.29) is 30.2 Å². The van der Waals surface area contributed by atoms with Crippen LogP contribution in [0.3, 0.4) is 0 Å². The minimum atomic E-state index is -0.269. The van der Waals surface area contributed by atoms with Gasteiger partial charge in [0.15, 0.2) is 5.65 Å². The summed E-state index contributed by atoms with van der Waals surface area (Å²) in [5.41, 5.74) is 8.03. The molecule has 4 N–H and O–H groups in total. The van der Waals surface area contributed by atoms with Gasteiger partial charge in [0.05, 0.1) is 17.3 Å². The van der Waals surface area contributed by atoms with Crippen LogP contribution in [0, 0.1) is 6.92 Å². The van der Waals surface area contributed by atoms with Crippen molar-refractivity contribution in [3.8, 4) is 16.9 Å². The zero-order valence-electron chi connectivity index (χ0n) is 27.7. The minimum Gasteiger partial charge on any atom is -0.508 e. The van der Waals surface area contributed by atoms with Crippen molar-refractivity contribution in [1.82, 2.24) is 25.4 Å². The van der Waals surface area contributed by atoms with Gasteiger partial charge in [-0.25, -0.2) is 9.67 Å². The van der Waals surface area contributed by atoms with Gasteiger partial charge >= 0.3 is 0 Å². The number of nitrogens with one attached hydrogen (secondary N) is 3. The lowest BCUT2D eigenvalue weighted by molar-refractivity contribution is 0.0904. The monoisotopic (exact) mass is 646 g/mol. The number of hydrogen-bond donors (Lipinski definition) is 4. The zero-order chi connectivity index (χ0) is 33.6. The molecule has 1 aliphatic heterocycles. The van der Waals surface area contributed by atoms with E-state index in [9.17, 15) is 14.7 Å². The number of amides is 2. The molecule has 0 aliphatic carbocycles. The van der Waals surface area contributed by atoms with Crippen molar-refractivity contribution in [2.45, 2.75) is 65.7 Å². The Labute approximate surface area is 280 Å². The van der Waals surface area contributed by atoms with Gasteiger partial charge in [0.25, 0.3) is 11.8 Å². The predicted octanol–water partition coefficient (Wildman–Crippen LogP) is 6.15. The Morgan fingerprint density at radius 3 is 2.29 bits per heavy atom. The van der Waals surface area contributed by atoms with Gasteiger partial charge in [0.2, 0.25) is 0 Å². The van der Waals surface area contributed by atoms with Gasteiger partial charge in [-0.15, -0.1) is 0 Å². The third-order valence-electron chi connectivity index (χ3n) is 8.76. The lowest BCUT2D eigenvalue weighted by atomic mass is 10.0. The lowest BCUT2D eigenvalue weighted by Crippen LogP contribution is -2.30. The highest BCUT2D eigenvalue weighted by Gasteiger charge is 2.22. The first-order chi connectivity index (χ1) is 23.3. The molecule has 10 nitrogen and oxygen atoms in total. The van der Waals surface area contributed by atoms with E-state index in [1.807, 2.05) is 55.1 Å². The van der Waals surface area contributed by atoms with Crippen molar-refractivity contribution in [2.75, 3.05) is 18.5 Å². The van der Waals surface area contributed by atoms with Crippen molar-refractivity contribution in [3.63, 3.8) is 0 Å². The molecule has 0 unspecified atom stereocenters. The van der Waals surface area contributed by atoms with Crippen LogP contribution in [0.4, 0.5) is 5.69 Å². The standard InChI is InChI=1S/C38H42N6O4/c1-4-34-32(35(42-30-12-14-48-15-13-30)33-23-41-44(5-2)36(33)43-34)22-40-38(47)29-17-24(3)16-28(19-29)37(46)39-21-25-8-6-9-26(18-25)27-10-7-11-31(45)20-27/h6-11,16-20,23,30,45H,4-5,12-15,21-22H2,1-3H3,(H,39,46)(H,40,47)(H,42,43). The highest BCUT2D eigenvalue weighted by molar-refractivity contribution is 6.00. The van der Waals surface area contributed by atoms with Crippen LogP contribution in [0.25, 0.3) is 22.2 Å². The summed E-state index contributed by atoms with van der Waals surface area (Å²) < 4.78 is 7.49. The highest BCUT2D eigenvalue weighted by Crippen LogP contribution is 2.31. The van der Waals surface area contributed by atoms with Crippen LogP contribution >= 0.6 is 0 Å². The van der Waals surface area contributed by atoms with E-state index in [0.717, 1.165) is 63.1 Å². The summed E-state index contributed by atoms with van der Waals surface area (Å²) in [7, 11) is 0. The molecule has 6 rings (SSSR count). The Bertz CT molecular complexity index is 1950. The second-order valence-corrected chi connectivity index (χ2v) is 12.2. The van der Waals surface area contributed by atoms with E-state index in [0.29, 0.717) is 43.9 Å². The van der Waals surface area contributed by atoms with Gasteiger partial charge in [-0.2, -0.15) is 5.10 Å². The van der Waals surface area contributed by atoms with Gasteiger partial charge < -0.3 is 25.8 Å². The molecule has 3 aromatic carbocycles. The fraction of sp³-hybridized carbons (Fsp3) is 0.316. The average Bonchev–Trinajstić information content (AvgIpc) is 3.53. The first-order valence-electron chi connectivity index (χ1n) is 16.6. The number of nitrogens with zero attached hydrogens (tertiary/aromatic N) is 3. The van der Waals surface area contributed by atoms with Crippen LogP contribution < -0.4 is 16.0 Å². The molecule has 0 bridgehead atoms. The second-order valence-electron chi connectivity index (χ2n) is 12.2. The fourth-order valence-electron chi connectivity index (χ4n) is 6.25. The molecule has 10 heteroatoms. The van der Waals surface area contributed by atoms with E-state index < -0.39 is 0 Å². The molecule has 48 heavy (non-hydrogen) atoms. The van der Waals surface area contributed by atoms with Gasteiger partial charge in [0.1, 0.15) is 5.75 Å². The van der Waals surface area contributed by atoms with E-state index in [4.69, 9.17) is 9.72 Å². The molecule has 2 amide bonds. The summed E-state index contributed by atoms with van der Waals surface area (Å²) in [6.45, 7) is 8.71. The van der Waals surface area contributed by atoms with Crippen LogP contribution in [-0.4, -0.2) is 50.9 Å². The second kappa shape index (κ2) is 14.7. The van der Waals surface area contributed by atoms with Gasteiger partial charge in [-0.05, 0) is 91.8 Å². The molecule has 0 radical (unpaired) electrons. The average molecular weight is 647 g/mol. The Balaban J connectivity index is 1.18. The molecule has 0 atom stereocenters. The van der Waals surface area contributed by atoms with Crippen LogP contribution in [-0.2, 0) is 30.8 Å². The summed E-state index contributed by atoms with van der Waals surface area (Å²) in [6, 6.07) is 20.3. The summed E-state index contributed by atoms with van der Waals surface area (Å²) >= 11 is 0. The number of rotatable bonds is 11. The number of anilines is 1. The smallest absolute Gasteiger partial charge is 0.251 e. The molecule has 2 aromatic heterocycles. The number of ether oxygens (including phenoxy) is 1. The molecule has 3 heterocycles. The van der Waals surface area contributed by atoms with Gasteiger partial charge in [0, 0.05) is 61.3 Å². The minimum absolute atomic E-state index is 0.199. The van der Waals surface area contributed by atoms with E-state index >= 15 is 0 Å². The summed E-state index contributed by atoms with van der Waals surface area (Å²) in [5, 5.41) is 25.2. The molecule has 248 valence electrons. The van der Waals surface area contributed by atoms with E-state index in [2.05, 4.69) is 28.0 Å². The van der Waals surface area contributed by atoms with Crippen LogP contribution in [0.2, 0.25) is 0 Å². The molecular weight excluding hydrogens is 604 g/mol. The number of carbonyl (C=O) groups excluding carboxylic acids is 2. The molecule has 5 aromatic rings. The Morgan fingerprint density at radius 2 is 1.60 bits per heavy atom. The number of benzene rings is 3. The zero-order valence-corrected chi connectivity index (χ0v) is 27.7. The summed E-state index contributed by atoms with van der Waals surface area (Å²) in [5.74, 6) is -0.339. The fourth-order valence-corrected chi connectivity index (χ4v) is 6.25. The number of phenolic OH excluding ortho intramolecular Hbond substituents is 1. The summed E-state index contributed by atoms with van der Waals surface area (Å²) in [4.78, 5) is 31.9. The quantitative estimate of drug-likeness (QED) is 0.136. The number of fused-ring (bicyclic) bond motifs is 1. The topological polar surface area (TPSA) is 130 Å². The van der Waals surface area contributed by atoms with Crippen molar-refractivity contribution >= 4 is 28.5 Å². The van der Waals surface area contributed by atoms with E-state index in [1.54, 1.807) is 36.4 Å². The Morgan fingerprint density at radius 1 is 0.917 bits per heavy atom. The maximum atomic E-state index is 13.6. The molecule has 1 fully saturated rings. The molecule has 0 saturated carbocycles. The number of aryl methyl sites for hydroxylation is 3. The molecule has 0 spiro atoms. The van der Waals surface area contributed by atoms with Crippen LogP contribution in [0.15, 0.2) is 72.9 Å². The number of aromatic nitrogens is 3. The van der Waals surface area contributed by atoms with Gasteiger partial charge in [-0.3, -0.25) is 9.59 Å². The highest BCUT2D eigenvalue weighted by atomic mass is 16.5. The maximum Gasteiger partial charge on any atom is 0.251 e. The third kappa shape index (κ3) is 7.34. The number of carbonyl (C=O) groups is 2. The van der Waals surface area contributed by atoms with Crippen molar-refractivity contribution < 1.29 is 19.4 Å². The molecule has 1 aliphatic rings. The van der Waals surface area contributed by atoms with Crippen molar-refractivity contribution in [1.29, 1.82) is 0 Å². The largest absolute Gasteiger partial charge is 0.508 e. The van der Waals surface area contributed by atoms with Crippen molar-refractivity contribution in [3.05, 3.63) is 106 Å². The van der Waals surface area contributed by atoms with Gasteiger partial charge in [-0.1, -0.05) is 37.3 Å². The van der Waals surface area contributed by atoms with Crippen molar-refractivity contribution in [2.24, 2.45) is 0 Å². The number of pyridine rings is 1. The Kier molecular flexibility index (Phi) is 10.0. The normalized spacial score (nSPS) is 13.4. The van der Waals surface area contributed by atoms with Crippen LogP contribution in [0.1, 0.15) is 69.8 Å². The third-order valence-corrected chi connectivity index (χ3v) is 8.76. The van der Waals surface area contributed by atoms with Crippen LogP contribution in [0.5, 0.6) is 5.75 Å². The summed E-state index contributed by atoms with van der Waals surface area (Å²) in [6.07, 6.45) is 4.35. The maximum absolute atomic E-state index is 13.6. The number of phenols is 1. The Hall–Kier alpha value is -5.22. The SMILES string of the molecule is CCc1nc2c(cnn2CC)c(NC2CCOCC2)c1CNC(=O)c1cc(C)cc(C(=O)NCc2cccc(-c3cccc(O)c3)c2)c1.